The Kier molecular flexibility index (Phi) is 7.46. The Hall–Kier alpha value is -2.70. The Bertz CT molecular complexity index is 1120. The largest absolute Gasteiger partial charge is 0.369 e. The zero-order valence-electron chi connectivity index (χ0n) is 17.4. The van der Waals surface area contributed by atoms with Crippen LogP contribution >= 0.6 is 23.2 Å². The molecule has 0 unspecified atom stereocenters. The second kappa shape index (κ2) is 10.1. The van der Waals surface area contributed by atoms with Gasteiger partial charge in [0, 0.05) is 27.8 Å². The Labute approximate surface area is 191 Å². The number of carbonyl (C=O) groups excluding carboxylic acids is 2. The summed E-state index contributed by atoms with van der Waals surface area (Å²) in [6, 6.07) is 12.6. The van der Waals surface area contributed by atoms with Crippen LogP contribution in [0.25, 0.3) is 10.9 Å². The molecule has 0 bridgehead atoms. The summed E-state index contributed by atoms with van der Waals surface area (Å²) in [5, 5.41) is 4.66. The molecule has 1 aromatic heterocycles. The molecular weight excluding hydrogens is 435 g/mol. The third kappa shape index (κ3) is 5.93. The van der Waals surface area contributed by atoms with E-state index in [1.54, 1.807) is 18.2 Å². The summed E-state index contributed by atoms with van der Waals surface area (Å²) in [5.74, 6) is -0.352. The smallest absolute Gasteiger partial charge is 0.224 e. The number of aromatic nitrogens is 2. The maximum atomic E-state index is 12.4. The average Bonchev–Trinajstić information content (AvgIpc) is 2.72. The van der Waals surface area contributed by atoms with Gasteiger partial charge in [-0.15, -0.1) is 0 Å². The molecule has 1 heterocycles. The molecule has 1 atom stereocenters. The predicted molar refractivity (Wildman–Crippen MR) is 123 cm³/mol. The molecule has 0 fully saturated rings. The van der Waals surface area contributed by atoms with Crippen molar-refractivity contribution in [3.63, 3.8) is 0 Å². The van der Waals surface area contributed by atoms with E-state index in [1.165, 1.54) is 0 Å². The number of rotatable bonds is 8. The third-order valence-electron chi connectivity index (χ3n) is 5.12. The van der Waals surface area contributed by atoms with Gasteiger partial charge in [-0.05, 0) is 29.7 Å². The first-order valence-electron chi connectivity index (χ1n) is 9.99. The van der Waals surface area contributed by atoms with Crippen LogP contribution in [0.3, 0.4) is 0 Å². The Morgan fingerprint density at radius 2 is 1.84 bits per heavy atom. The molecule has 6 nitrogen and oxygen atoms in total. The van der Waals surface area contributed by atoms with Gasteiger partial charge in [0.05, 0.1) is 24.2 Å². The van der Waals surface area contributed by atoms with Crippen LogP contribution < -0.4 is 11.1 Å². The maximum absolute atomic E-state index is 12.4. The van der Waals surface area contributed by atoms with Gasteiger partial charge in [-0.2, -0.15) is 0 Å². The fourth-order valence-electron chi connectivity index (χ4n) is 3.38. The van der Waals surface area contributed by atoms with Gasteiger partial charge in [-0.1, -0.05) is 61.3 Å². The van der Waals surface area contributed by atoms with E-state index in [2.05, 4.69) is 15.3 Å². The van der Waals surface area contributed by atoms with Crippen molar-refractivity contribution in [3.8, 4) is 0 Å². The number of fused-ring (bicyclic) bond motifs is 1. The number of carbonyl (C=O) groups is 2. The van der Waals surface area contributed by atoms with Crippen LogP contribution in [0.4, 0.5) is 0 Å². The minimum Gasteiger partial charge on any atom is -0.369 e. The molecule has 31 heavy (non-hydrogen) atoms. The van der Waals surface area contributed by atoms with E-state index in [4.69, 9.17) is 28.9 Å². The summed E-state index contributed by atoms with van der Waals surface area (Å²) in [6.07, 6.45) is 0.533. The summed E-state index contributed by atoms with van der Waals surface area (Å²) in [4.78, 5) is 33.5. The molecule has 0 aliphatic carbocycles. The molecule has 3 aromatic rings. The zero-order chi connectivity index (χ0) is 22.5. The number of halogens is 2. The van der Waals surface area contributed by atoms with E-state index in [9.17, 15) is 9.59 Å². The zero-order valence-corrected chi connectivity index (χ0v) is 18.9. The quantitative estimate of drug-likeness (QED) is 0.530. The van der Waals surface area contributed by atoms with Crippen molar-refractivity contribution in [1.82, 2.24) is 15.3 Å². The number of amides is 2. The highest BCUT2D eigenvalue weighted by Crippen LogP contribution is 2.23. The van der Waals surface area contributed by atoms with Gasteiger partial charge in [-0.25, -0.2) is 9.97 Å². The second-order valence-corrected chi connectivity index (χ2v) is 8.59. The number of hydrogen-bond acceptors (Lipinski definition) is 4. The summed E-state index contributed by atoms with van der Waals surface area (Å²) < 4.78 is 0. The van der Waals surface area contributed by atoms with Crippen molar-refractivity contribution in [2.24, 2.45) is 17.6 Å². The SMILES string of the molecule is CC(C)[C@H](Cc1nc(CNC(=O)Cc2ccc(Cl)cc2Cl)nc2ccccc12)C(N)=O. The van der Waals surface area contributed by atoms with Crippen LogP contribution in [0, 0.1) is 11.8 Å². The van der Waals surface area contributed by atoms with Gasteiger partial charge in [-0.3, -0.25) is 9.59 Å². The summed E-state index contributed by atoms with van der Waals surface area (Å²) in [7, 11) is 0. The van der Waals surface area contributed by atoms with Gasteiger partial charge in [0.25, 0.3) is 0 Å². The minimum absolute atomic E-state index is 0.0819. The first-order chi connectivity index (χ1) is 14.7. The number of hydrogen-bond donors (Lipinski definition) is 2. The lowest BCUT2D eigenvalue weighted by Gasteiger charge is -2.18. The van der Waals surface area contributed by atoms with Gasteiger partial charge in [0.1, 0.15) is 5.82 Å². The topological polar surface area (TPSA) is 98.0 Å². The summed E-state index contributed by atoms with van der Waals surface area (Å²) in [6.45, 7) is 4.08. The lowest BCUT2D eigenvalue weighted by Crippen LogP contribution is -2.30. The van der Waals surface area contributed by atoms with Crippen LogP contribution in [0.1, 0.15) is 30.9 Å². The number of nitrogens with two attached hydrogens (primary N) is 1. The fraction of sp³-hybridized carbons (Fsp3) is 0.304. The minimum atomic E-state index is -0.354. The number of nitrogens with one attached hydrogen (secondary N) is 1. The molecule has 0 aliphatic heterocycles. The van der Waals surface area contributed by atoms with Crippen molar-refractivity contribution < 1.29 is 9.59 Å². The van der Waals surface area contributed by atoms with Gasteiger partial charge < -0.3 is 11.1 Å². The molecule has 0 saturated heterocycles. The molecule has 0 aliphatic rings. The maximum Gasteiger partial charge on any atom is 0.224 e. The lowest BCUT2D eigenvalue weighted by atomic mass is 9.89. The van der Waals surface area contributed by atoms with Crippen LogP contribution in [-0.4, -0.2) is 21.8 Å². The highest BCUT2D eigenvalue weighted by molar-refractivity contribution is 6.35. The van der Waals surface area contributed by atoms with E-state index < -0.39 is 0 Å². The van der Waals surface area contributed by atoms with Crippen LogP contribution in [0.5, 0.6) is 0 Å². The standard InChI is InChI=1S/C23H24Cl2N4O2/c1-13(2)17(23(26)31)11-20-16-5-3-4-6-19(16)28-21(29-20)12-27-22(30)9-14-7-8-15(24)10-18(14)25/h3-8,10,13,17H,9,11-12H2,1-2H3,(H2,26,31)(H,27,30)/t17-/m0/s1. The van der Waals surface area contributed by atoms with Gasteiger partial charge >= 0.3 is 0 Å². The van der Waals surface area contributed by atoms with Crippen LogP contribution in [0.15, 0.2) is 42.5 Å². The summed E-state index contributed by atoms with van der Waals surface area (Å²) >= 11 is 12.1. The molecule has 0 saturated carbocycles. The molecule has 162 valence electrons. The molecule has 0 radical (unpaired) electrons. The van der Waals surface area contributed by atoms with Crippen molar-refractivity contribution in [2.75, 3.05) is 0 Å². The number of primary amides is 1. The van der Waals surface area contributed by atoms with Crippen molar-refractivity contribution in [1.29, 1.82) is 0 Å². The van der Waals surface area contributed by atoms with Crippen molar-refractivity contribution in [2.45, 2.75) is 33.2 Å². The molecule has 0 spiro atoms. The highest BCUT2D eigenvalue weighted by Gasteiger charge is 2.22. The lowest BCUT2D eigenvalue weighted by molar-refractivity contribution is -0.123. The van der Waals surface area contributed by atoms with E-state index >= 15 is 0 Å². The summed E-state index contributed by atoms with van der Waals surface area (Å²) in [5.41, 5.74) is 7.79. The third-order valence-corrected chi connectivity index (χ3v) is 5.71. The average molecular weight is 459 g/mol. The molecule has 3 rings (SSSR count). The second-order valence-electron chi connectivity index (χ2n) is 7.75. The van der Waals surface area contributed by atoms with Crippen molar-refractivity contribution in [3.05, 3.63) is 69.6 Å². The Balaban J connectivity index is 1.79. The van der Waals surface area contributed by atoms with Gasteiger partial charge in [0.2, 0.25) is 11.8 Å². The first-order valence-corrected chi connectivity index (χ1v) is 10.7. The number of para-hydroxylation sites is 1. The molecular formula is C23H24Cl2N4O2. The van der Waals surface area contributed by atoms with Crippen molar-refractivity contribution >= 4 is 45.9 Å². The van der Waals surface area contributed by atoms with E-state index in [-0.39, 0.29) is 36.6 Å². The van der Waals surface area contributed by atoms with Gasteiger partial charge in [0.15, 0.2) is 0 Å². The number of benzene rings is 2. The monoisotopic (exact) mass is 458 g/mol. The Morgan fingerprint density at radius 3 is 2.52 bits per heavy atom. The van der Waals surface area contributed by atoms with Crippen LogP contribution in [-0.2, 0) is 29.0 Å². The molecule has 2 aromatic carbocycles. The normalized spacial score (nSPS) is 12.2. The van der Waals surface area contributed by atoms with E-state index in [1.807, 2.05) is 38.1 Å². The molecule has 8 heteroatoms. The molecule has 3 N–H and O–H groups in total. The Morgan fingerprint density at radius 1 is 1.10 bits per heavy atom. The highest BCUT2D eigenvalue weighted by atomic mass is 35.5. The molecule has 2 amide bonds. The van der Waals surface area contributed by atoms with Crippen LogP contribution in [0.2, 0.25) is 10.0 Å². The van der Waals surface area contributed by atoms with E-state index in [0.29, 0.717) is 27.9 Å². The fourth-order valence-corrected chi connectivity index (χ4v) is 3.86. The van der Waals surface area contributed by atoms with E-state index in [0.717, 1.165) is 16.6 Å². The predicted octanol–water partition coefficient (Wildman–Crippen LogP) is 4.10. The first kappa shape index (κ1) is 23.0. The number of nitrogens with zero attached hydrogens (tertiary/aromatic N) is 2.